The summed E-state index contributed by atoms with van der Waals surface area (Å²) in [6, 6.07) is 3.31. The van der Waals surface area contributed by atoms with Crippen molar-refractivity contribution in [3.05, 3.63) is 23.3 Å². The number of benzene rings is 1. The van der Waals surface area contributed by atoms with E-state index in [1.807, 2.05) is 20.8 Å². The van der Waals surface area contributed by atoms with Crippen LogP contribution in [-0.2, 0) is 20.2 Å². The maximum atomic E-state index is 11.9. The minimum absolute atomic E-state index is 0.139. The highest BCUT2D eigenvalue weighted by molar-refractivity contribution is 7.92. The van der Waals surface area contributed by atoms with E-state index in [0.29, 0.717) is 0 Å². The molecule has 0 fully saturated rings. The summed E-state index contributed by atoms with van der Waals surface area (Å²) >= 11 is 0. The Labute approximate surface area is 125 Å². The first kappa shape index (κ1) is 17.3. The summed E-state index contributed by atoms with van der Waals surface area (Å²) in [5.41, 5.74) is 0.907. The molecule has 118 valence electrons. The maximum Gasteiger partial charge on any atom is 0.341 e. The lowest BCUT2D eigenvalue weighted by atomic mass is 9.85. The first-order chi connectivity index (χ1) is 9.49. The zero-order chi connectivity index (χ0) is 16.4. The van der Waals surface area contributed by atoms with Crippen LogP contribution >= 0.6 is 0 Å². The van der Waals surface area contributed by atoms with Crippen LogP contribution in [0.5, 0.6) is 5.75 Å². The summed E-state index contributed by atoms with van der Waals surface area (Å²) in [5, 5.41) is 0. The molecule has 0 amide bonds. The van der Waals surface area contributed by atoms with Gasteiger partial charge >= 0.3 is 5.97 Å². The molecular formula is C14H21NO5S. The fraction of sp³-hybridized carbons (Fsp3) is 0.500. The summed E-state index contributed by atoms with van der Waals surface area (Å²) in [5.74, 6) is -0.449. The van der Waals surface area contributed by atoms with Gasteiger partial charge in [0.2, 0.25) is 10.0 Å². The van der Waals surface area contributed by atoms with Crippen LogP contribution in [0.15, 0.2) is 12.1 Å². The summed E-state index contributed by atoms with van der Waals surface area (Å²) in [7, 11) is -0.877. The van der Waals surface area contributed by atoms with Gasteiger partial charge in [0.05, 0.1) is 26.2 Å². The lowest BCUT2D eigenvalue weighted by Gasteiger charge is -2.23. The molecule has 0 unspecified atom stereocenters. The summed E-state index contributed by atoms with van der Waals surface area (Å²) in [6.07, 6.45) is 1.04. The van der Waals surface area contributed by atoms with Crippen molar-refractivity contribution < 1.29 is 22.7 Å². The second kappa shape index (κ2) is 5.93. The van der Waals surface area contributed by atoms with Gasteiger partial charge in [-0.1, -0.05) is 20.8 Å². The third-order valence-corrected chi connectivity index (χ3v) is 3.45. The number of carbonyl (C=O) groups is 1. The minimum atomic E-state index is -3.50. The van der Waals surface area contributed by atoms with Gasteiger partial charge < -0.3 is 9.47 Å². The number of esters is 1. The lowest BCUT2D eigenvalue weighted by Crippen LogP contribution is -2.17. The van der Waals surface area contributed by atoms with Crippen molar-refractivity contribution in [1.29, 1.82) is 0 Å². The van der Waals surface area contributed by atoms with Crippen molar-refractivity contribution in [1.82, 2.24) is 0 Å². The normalized spacial score (nSPS) is 11.9. The summed E-state index contributed by atoms with van der Waals surface area (Å²) in [4.78, 5) is 11.9. The number of hydrogen-bond donors (Lipinski definition) is 1. The van der Waals surface area contributed by atoms with Crippen LogP contribution in [0.2, 0.25) is 0 Å². The Morgan fingerprint density at radius 1 is 1.19 bits per heavy atom. The standard InChI is InChI=1S/C14H21NO5S/c1-14(2,3)9-7-10(13(16)20-5)12(19-4)11(8-9)15-21(6,17)18/h7-8,15H,1-6H3. The summed E-state index contributed by atoms with van der Waals surface area (Å²) in [6.45, 7) is 5.88. The number of carbonyl (C=O) groups excluding carboxylic acids is 1. The number of sulfonamides is 1. The van der Waals surface area contributed by atoms with E-state index in [-0.39, 0.29) is 22.4 Å². The largest absolute Gasteiger partial charge is 0.494 e. The molecule has 0 aromatic heterocycles. The van der Waals surface area contributed by atoms with E-state index in [9.17, 15) is 13.2 Å². The molecule has 7 heteroatoms. The van der Waals surface area contributed by atoms with Crippen molar-refractivity contribution in [2.24, 2.45) is 0 Å². The average Bonchev–Trinajstić information content (AvgIpc) is 2.33. The van der Waals surface area contributed by atoms with Gasteiger partial charge in [-0.3, -0.25) is 4.72 Å². The molecule has 0 spiro atoms. The Kier molecular flexibility index (Phi) is 4.88. The van der Waals surface area contributed by atoms with E-state index in [1.54, 1.807) is 12.1 Å². The van der Waals surface area contributed by atoms with Crippen molar-refractivity contribution in [3.8, 4) is 5.75 Å². The molecule has 0 aliphatic heterocycles. The van der Waals surface area contributed by atoms with Crippen LogP contribution in [0.25, 0.3) is 0 Å². The molecular weight excluding hydrogens is 294 g/mol. The van der Waals surface area contributed by atoms with Crippen molar-refractivity contribution in [2.45, 2.75) is 26.2 Å². The van der Waals surface area contributed by atoms with E-state index in [0.717, 1.165) is 11.8 Å². The van der Waals surface area contributed by atoms with Crippen LogP contribution < -0.4 is 9.46 Å². The minimum Gasteiger partial charge on any atom is -0.494 e. The molecule has 0 atom stereocenters. The molecule has 1 rings (SSSR count). The van der Waals surface area contributed by atoms with E-state index < -0.39 is 16.0 Å². The zero-order valence-corrected chi connectivity index (χ0v) is 13.9. The number of hydrogen-bond acceptors (Lipinski definition) is 5. The van der Waals surface area contributed by atoms with Gasteiger partial charge in [-0.15, -0.1) is 0 Å². The molecule has 0 saturated carbocycles. The van der Waals surface area contributed by atoms with E-state index in [4.69, 9.17) is 9.47 Å². The quantitative estimate of drug-likeness (QED) is 0.861. The van der Waals surface area contributed by atoms with Crippen molar-refractivity contribution in [3.63, 3.8) is 0 Å². The third-order valence-electron chi connectivity index (χ3n) is 2.86. The Balaban J connectivity index is 3.63. The fourth-order valence-electron chi connectivity index (χ4n) is 1.82. The highest BCUT2D eigenvalue weighted by Crippen LogP contribution is 2.36. The molecule has 1 N–H and O–H groups in total. The van der Waals surface area contributed by atoms with E-state index in [1.165, 1.54) is 14.2 Å². The number of ether oxygens (including phenoxy) is 2. The van der Waals surface area contributed by atoms with Crippen LogP contribution in [0.3, 0.4) is 0 Å². The first-order valence-corrected chi connectivity index (χ1v) is 8.17. The highest BCUT2D eigenvalue weighted by Gasteiger charge is 2.24. The van der Waals surface area contributed by atoms with Crippen molar-refractivity contribution >= 4 is 21.7 Å². The Morgan fingerprint density at radius 2 is 1.76 bits per heavy atom. The maximum absolute atomic E-state index is 11.9. The molecule has 0 saturated heterocycles. The molecule has 0 heterocycles. The zero-order valence-electron chi connectivity index (χ0n) is 13.1. The summed E-state index contributed by atoms with van der Waals surface area (Å²) < 4.78 is 35.3. The topological polar surface area (TPSA) is 81.7 Å². The molecule has 1 aromatic carbocycles. The molecule has 0 aliphatic rings. The highest BCUT2D eigenvalue weighted by atomic mass is 32.2. The van der Waals surface area contributed by atoms with E-state index in [2.05, 4.69) is 4.72 Å². The first-order valence-electron chi connectivity index (χ1n) is 6.28. The average molecular weight is 315 g/mol. The number of methoxy groups -OCH3 is 2. The van der Waals surface area contributed by atoms with Crippen LogP contribution in [0.4, 0.5) is 5.69 Å². The van der Waals surface area contributed by atoms with Gasteiger partial charge in [0.15, 0.2) is 5.75 Å². The smallest absolute Gasteiger partial charge is 0.341 e. The van der Waals surface area contributed by atoms with Crippen LogP contribution in [-0.4, -0.2) is 34.9 Å². The molecule has 21 heavy (non-hydrogen) atoms. The molecule has 0 radical (unpaired) electrons. The number of rotatable bonds is 4. The van der Waals surface area contributed by atoms with Gasteiger partial charge in [0.25, 0.3) is 0 Å². The molecule has 6 nitrogen and oxygen atoms in total. The van der Waals surface area contributed by atoms with Gasteiger partial charge in [-0.2, -0.15) is 0 Å². The van der Waals surface area contributed by atoms with Gasteiger partial charge in [0.1, 0.15) is 5.56 Å². The molecule has 0 bridgehead atoms. The predicted octanol–water partition coefficient (Wildman–Crippen LogP) is 2.15. The van der Waals surface area contributed by atoms with Gasteiger partial charge in [-0.05, 0) is 23.1 Å². The fourth-order valence-corrected chi connectivity index (χ4v) is 2.37. The molecule has 0 aliphatic carbocycles. The second-order valence-electron chi connectivity index (χ2n) is 5.72. The van der Waals surface area contributed by atoms with Crippen molar-refractivity contribution in [2.75, 3.05) is 25.2 Å². The Bertz CT molecular complexity index is 644. The number of nitrogens with one attached hydrogen (secondary N) is 1. The van der Waals surface area contributed by atoms with Gasteiger partial charge in [0, 0.05) is 0 Å². The number of anilines is 1. The lowest BCUT2D eigenvalue weighted by molar-refractivity contribution is 0.0597. The molecule has 1 aromatic rings. The Hall–Kier alpha value is -1.76. The van der Waals surface area contributed by atoms with Crippen LogP contribution in [0.1, 0.15) is 36.7 Å². The Morgan fingerprint density at radius 3 is 2.14 bits per heavy atom. The van der Waals surface area contributed by atoms with Gasteiger partial charge in [-0.25, -0.2) is 13.2 Å². The predicted molar refractivity (Wildman–Crippen MR) is 81.5 cm³/mol. The monoisotopic (exact) mass is 315 g/mol. The second-order valence-corrected chi connectivity index (χ2v) is 7.47. The van der Waals surface area contributed by atoms with E-state index >= 15 is 0 Å². The van der Waals surface area contributed by atoms with Crippen LogP contribution in [0, 0.1) is 0 Å². The third kappa shape index (κ3) is 4.35. The SMILES string of the molecule is COC(=O)c1cc(C(C)(C)C)cc(NS(C)(=O)=O)c1OC.